The molecular formula is C15H12ClN3O2S. The van der Waals surface area contributed by atoms with Gasteiger partial charge in [0.25, 0.3) is 0 Å². The van der Waals surface area contributed by atoms with Gasteiger partial charge in [0.15, 0.2) is 0 Å². The van der Waals surface area contributed by atoms with Gasteiger partial charge >= 0.3 is 6.03 Å². The summed E-state index contributed by atoms with van der Waals surface area (Å²) in [6, 6.07) is 8.12. The number of nitrogens with zero attached hydrogens (tertiary/aromatic N) is 1. The zero-order valence-corrected chi connectivity index (χ0v) is 13.1. The highest BCUT2D eigenvalue weighted by molar-refractivity contribution is 7.17. The van der Waals surface area contributed by atoms with Crippen molar-refractivity contribution in [2.24, 2.45) is 0 Å². The summed E-state index contributed by atoms with van der Waals surface area (Å²) in [4.78, 5) is 16.1. The molecule has 0 radical (unpaired) electrons. The first-order valence-corrected chi connectivity index (χ1v) is 7.70. The Morgan fingerprint density at radius 1 is 1.23 bits per heavy atom. The van der Waals surface area contributed by atoms with Gasteiger partial charge in [-0.25, -0.2) is 9.78 Å². The van der Waals surface area contributed by atoms with Gasteiger partial charge in [-0.15, -0.1) is 11.3 Å². The van der Waals surface area contributed by atoms with Crippen molar-refractivity contribution < 1.29 is 9.90 Å². The lowest BCUT2D eigenvalue weighted by Crippen LogP contribution is -2.19. The highest BCUT2D eigenvalue weighted by atomic mass is 35.5. The van der Waals surface area contributed by atoms with Gasteiger partial charge in [0.1, 0.15) is 5.69 Å². The van der Waals surface area contributed by atoms with Crippen LogP contribution in [0.4, 0.5) is 16.2 Å². The molecule has 2 aromatic heterocycles. The van der Waals surface area contributed by atoms with Crippen molar-refractivity contribution >= 4 is 50.4 Å². The smallest absolute Gasteiger partial charge is 0.323 e. The molecule has 7 heteroatoms. The summed E-state index contributed by atoms with van der Waals surface area (Å²) < 4.78 is 0.930. The maximum Gasteiger partial charge on any atom is 0.323 e. The molecular weight excluding hydrogens is 322 g/mol. The predicted octanol–water partition coefficient (Wildman–Crippen LogP) is 4.61. The van der Waals surface area contributed by atoms with E-state index in [9.17, 15) is 9.90 Å². The summed E-state index contributed by atoms with van der Waals surface area (Å²) in [6.07, 6.45) is 0. The van der Waals surface area contributed by atoms with Gasteiger partial charge in [0, 0.05) is 16.1 Å². The molecule has 2 amide bonds. The Kier molecular flexibility index (Phi) is 3.87. The number of aryl methyl sites for hydroxylation is 1. The molecule has 0 spiro atoms. The van der Waals surface area contributed by atoms with Crippen LogP contribution < -0.4 is 10.6 Å². The van der Waals surface area contributed by atoms with E-state index in [2.05, 4.69) is 15.6 Å². The van der Waals surface area contributed by atoms with Crippen molar-refractivity contribution in [3.05, 3.63) is 46.4 Å². The van der Waals surface area contributed by atoms with Crippen molar-refractivity contribution in [1.29, 1.82) is 0 Å². The fourth-order valence-electron chi connectivity index (χ4n) is 2.10. The summed E-state index contributed by atoms with van der Waals surface area (Å²) >= 11 is 7.31. The number of anilines is 2. The third-order valence-electron chi connectivity index (χ3n) is 3.10. The number of carbonyl (C=O) groups is 1. The Morgan fingerprint density at radius 2 is 1.95 bits per heavy atom. The van der Waals surface area contributed by atoms with Gasteiger partial charge in [-0.05, 0) is 42.6 Å². The van der Waals surface area contributed by atoms with Crippen LogP contribution in [0, 0.1) is 6.92 Å². The minimum atomic E-state index is -0.462. The van der Waals surface area contributed by atoms with E-state index in [0.29, 0.717) is 16.4 Å². The van der Waals surface area contributed by atoms with Crippen molar-refractivity contribution in [3.63, 3.8) is 0 Å². The standard InChI is InChI=1S/C15H12ClN3O2S/c1-8-13-11(6-7-22-13)12(14(20)17-8)19-15(21)18-10-4-2-9(16)3-5-10/h2-7H,1H3,(H,17,20)(H2,18,19,21). The van der Waals surface area contributed by atoms with Crippen LogP contribution in [0.15, 0.2) is 35.7 Å². The maximum atomic E-state index is 12.1. The van der Waals surface area contributed by atoms with E-state index in [1.54, 1.807) is 24.3 Å². The number of aromatic nitrogens is 1. The molecule has 5 nitrogen and oxygen atoms in total. The van der Waals surface area contributed by atoms with E-state index < -0.39 is 6.03 Å². The molecule has 1 aromatic carbocycles. The second-order valence-corrected chi connectivity index (χ2v) is 6.00. The number of fused-ring (bicyclic) bond motifs is 1. The number of hydrogen-bond donors (Lipinski definition) is 3. The number of urea groups is 1. The lowest BCUT2D eigenvalue weighted by Gasteiger charge is -2.10. The topological polar surface area (TPSA) is 74.2 Å². The maximum absolute atomic E-state index is 12.1. The SMILES string of the molecule is Cc1nc(O)c(NC(=O)Nc2ccc(Cl)cc2)c2ccsc12. The Morgan fingerprint density at radius 3 is 2.68 bits per heavy atom. The normalized spacial score (nSPS) is 10.6. The van der Waals surface area contributed by atoms with Gasteiger partial charge in [0.05, 0.1) is 10.4 Å². The van der Waals surface area contributed by atoms with Crippen molar-refractivity contribution in [2.75, 3.05) is 10.6 Å². The Bertz CT molecular complexity index is 846. The number of halogens is 1. The Balaban J connectivity index is 1.85. The van der Waals surface area contributed by atoms with Crippen molar-refractivity contribution in [1.82, 2.24) is 4.98 Å². The Hall–Kier alpha value is -2.31. The second kappa shape index (κ2) is 5.82. The summed E-state index contributed by atoms with van der Waals surface area (Å²) in [6.45, 7) is 1.82. The molecule has 2 heterocycles. The largest absolute Gasteiger partial charge is 0.492 e. The van der Waals surface area contributed by atoms with Crippen LogP contribution in [0.1, 0.15) is 5.69 Å². The molecule has 3 N–H and O–H groups in total. The summed E-state index contributed by atoms with van der Waals surface area (Å²) in [7, 11) is 0. The monoisotopic (exact) mass is 333 g/mol. The highest BCUT2D eigenvalue weighted by Crippen LogP contribution is 2.35. The van der Waals surface area contributed by atoms with Crippen LogP contribution in [0.5, 0.6) is 5.88 Å². The summed E-state index contributed by atoms with van der Waals surface area (Å²) in [5, 5.41) is 18.5. The van der Waals surface area contributed by atoms with E-state index in [1.165, 1.54) is 11.3 Å². The zero-order chi connectivity index (χ0) is 15.7. The van der Waals surface area contributed by atoms with Gasteiger partial charge in [-0.1, -0.05) is 11.6 Å². The third kappa shape index (κ3) is 2.84. The average molecular weight is 334 g/mol. The molecule has 3 rings (SSSR count). The summed E-state index contributed by atoms with van der Waals surface area (Å²) in [5.41, 5.74) is 1.63. The van der Waals surface area contributed by atoms with Crippen LogP contribution in [-0.4, -0.2) is 16.1 Å². The van der Waals surface area contributed by atoms with Gasteiger partial charge < -0.3 is 15.7 Å². The fourth-order valence-corrected chi connectivity index (χ4v) is 3.08. The number of hydrogen-bond acceptors (Lipinski definition) is 4. The molecule has 0 fully saturated rings. The van der Waals surface area contributed by atoms with Crippen molar-refractivity contribution in [3.8, 4) is 5.88 Å². The molecule has 0 aliphatic carbocycles. The minimum Gasteiger partial charge on any atom is -0.492 e. The lowest BCUT2D eigenvalue weighted by atomic mass is 10.2. The number of aromatic hydroxyl groups is 1. The fraction of sp³-hybridized carbons (Fsp3) is 0.0667. The van der Waals surface area contributed by atoms with Gasteiger partial charge in [0.2, 0.25) is 5.88 Å². The van der Waals surface area contributed by atoms with Crippen LogP contribution in [0.25, 0.3) is 10.1 Å². The number of pyridine rings is 1. The van der Waals surface area contributed by atoms with Crippen LogP contribution >= 0.6 is 22.9 Å². The number of nitrogens with one attached hydrogen (secondary N) is 2. The molecule has 0 aliphatic rings. The average Bonchev–Trinajstić information content (AvgIpc) is 2.96. The number of thiophene rings is 1. The van der Waals surface area contributed by atoms with Gasteiger partial charge in [-0.3, -0.25) is 0 Å². The quantitative estimate of drug-likeness (QED) is 0.641. The van der Waals surface area contributed by atoms with Crippen LogP contribution in [-0.2, 0) is 0 Å². The second-order valence-electron chi connectivity index (χ2n) is 4.65. The number of amides is 2. The van der Waals surface area contributed by atoms with Gasteiger partial charge in [-0.2, -0.15) is 0 Å². The van der Waals surface area contributed by atoms with E-state index >= 15 is 0 Å². The molecule has 22 heavy (non-hydrogen) atoms. The number of rotatable bonds is 2. The van der Waals surface area contributed by atoms with E-state index in [-0.39, 0.29) is 5.88 Å². The van der Waals surface area contributed by atoms with Crippen molar-refractivity contribution in [2.45, 2.75) is 6.92 Å². The number of carbonyl (C=O) groups excluding carboxylic acids is 1. The molecule has 112 valence electrons. The van der Waals surface area contributed by atoms with E-state index in [4.69, 9.17) is 11.6 Å². The zero-order valence-electron chi connectivity index (χ0n) is 11.6. The number of benzene rings is 1. The highest BCUT2D eigenvalue weighted by Gasteiger charge is 2.15. The molecule has 0 bridgehead atoms. The minimum absolute atomic E-state index is 0.199. The molecule has 0 atom stereocenters. The molecule has 0 saturated heterocycles. The molecule has 3 aromatic rings. The predicted molar refractivity (Wildman–Crippen MR) is 90.1 cm³/mol. The lowest BCUT2D eigenvalue weighted by molar-refractivity contribution is 0.262. The molecule has 0 unspecified atom stereocenters. The first kappa shape index (κ1) is 14.6. The summed E-state index contributed by atoms with van der Waals surface area (Å²) in [5.74, 6) is -0.199. The Labute approximate surface area is 135 Å². The molecule has 0 aliphatic heterocycles. The first-order valence-electron chi connectivity index (χ1n) is 6.45. The van der Waals surface area contributed by atoms with E-state index in [0.717, 1.165) is 15.8 Å². The third-order valence-corrected chi connectivity index (χ3v) is 4.38. The van der Waals surface area contributed by atoms with Crippen LogP contribution in [0.2, 0.25) is 5.02 Å². The molecule has 0 saturated carbocycles. The van der Waals surface area contributed by atoms with E-state index in [1.807, 2.05) is 18.4 Å². The van der Waals surface area contributed by atoms with Crippen LogP contribution in [0.3, 0.4) is 0 Å². The first-order chi connectivity index (χ1) is 10.5.